The molecule has 0 bridgehead atoms. The Balaban J connectivity index is 1.16. The highest BCUT2D eigenvalue weighted by atomic mass is 32.1. The molecule has 0 saturated carbocycles. The first-order chi connectivity index (χ1) is 24.2. The van der Waals surface area contributed by atoms with Gasteiger partial charge in [-0.15, -0.1) is 11.3 Å². The minimum Gasteiger partial charge on any atom is -0.456 e. The van der Waals surface area contributed by atoms with E-state index in [-0.39, 0.29) is 0 Å². The van der Waals surface area contributed by atoms with Gasteiger partial charge in [-0.25, -0.2) is 9.97 Å². The number of hydrogen-bond donors (Lipinski definition) is 0. The summed E-state index contributed by atoms with van der Waals surface area (Å²) in [5.41, 5.74) is 8.89. The molecule has 11 rings (SSSR count). The number of hydrogen-bond acceptors (Lipinski definition) is 5. The van der Waals surface area contributed by atoms with Crippen LogP contribution in [0.25, 0.3) is 109 Å². The summed E-state index contributed by atoms with van der Waals surface area (Å²) in [6.07, 6.45) is 0. The van der Waals surface area contributed by atoms with Gasteiger partial charge in [-0.05, 0) is 70.4 Å². The van der Waals surface area contributed by atoms with Gasteiger partial charge in [0.2, 0.25) is 0 Å². The molecule has 4 aromatic heterocycles. The van der Waals surface area contributed by atoms with E-state index in [0.29, 0.717) is 11.4 Å². The fourth-order valence-corrected chi connectivity index (χ4v) is 8.49. The third-order valence-corrected chi connectivity index (χ3v) is 10.8. The molecule has 0 unspecified atom stereocenters. The number of para-hydroxylation sites is 1. The predicted octanol–water partition coefficient (Wildman–Crippen LogP) is 12.8. The topological polar surface area (TPSA) is 52.1 Å². The normalized spacial score (nSPS) is 12.1. The fraction of sp³-hybridized carbons (Fsp3) is 0. The molecule has 0 fully saturated rings. The number of fused-ring (bicyclic) bond motifs is 10. The van der Waals surface area contributed by atoms with Crippen molar-refractivity contribution in [2.45, 2.75) is 0 Å². The first kappa shape index (κ1) is 26.7. The van der Waals surface area contributed by atoms with Crippen molar-refractivity contribution in [2.75, 3.05) is 0 Å². The zero-order valence-electron chi connectivity index (χ0n) is 26.0. The Bertz CT molecular complexity index is 3130. The van der Waals surface area contributed by atoms with Gasteiger partial charge >= 0.3 is 0 Å². The van der Waals surface area contributed by atoms with Gasteiger partial charge in [-0.1, -0.05) is 97.1 Å². The summed E-state index contributed by atoms with van der Waals surface area (Å²) in [6, 6.07) is 50.9. The van der Waals surface area contributed by atoms with Gasteiger partial charge in [-0.3, -0.25) is 0 Å². The van der Waals surface area contributed by atoms with Gasteiger partial charge in [0, 0.05) is 47.5 Å². The number of furan rings is 2. The van der Waals surface area contributed by atoms with Crippen LogP contribution in [0, 0.1) is 0 Å². The minimum absolute atomic E-state index is 0.634. The molecule has 228 valence electrons. The third kappa shape index (κ3) is 4.03. The van der Waals surface area contributed by atoms with Crippen LogP contribution in [0.15, 0.2) is 154 Å². The molecule has 5 heteroatoms. The van der Waals surface area contributed by atoms with Crippen molar-refractivity contribution in [3.63, 3.8) is 0 Å². The van der Waals surface area contributed by atoms with Gasteiger partial charge in [0.25, 0.3) is 0 Å². The van der Waals surface area contributed by atoms with Gasteiger partial charge in [0.15, 0.2) is 11.4 Å². The van der Waals surface area contributed by atoms with Crippen molar-refractivity contribution in [1.29, 1.82) is 0 Å². The highest BCUT2D eigenvalue weighted by Gasteiger charge is 2.21. The van der Waals surface area contributed by atoms with E-state index >= 15 is 0 Å². The lowest BCUT2D eigenvalue weighted by Crippen LogP contribution is -1.94. The average Bonchev–Trinajstić information content (AvgIpc) is 3.84. The second kappa shape index (κ2) is 10.1. The first-order valence-corrected chi connectivity index (χ1v) is 17.1. The Kier molecular flexibility index (Phi) is 5.51. The maximum atomic E-state index is 6.50. The zero-order chi connectivity index (χ0) is 32.1. The van der Waals surface area contributed by atoms with Gasteiger partial charge in [0.1, 0.15) is 28.0 Å². The van der Waals surface area contributed by atoms with Crippen molar-refractivity contribution < 1.29 is 8.83 Å². The van der Waals surface area contributed by atoms with Gasteiger partial charge < -0.3 is 8.83 Å². The molecule has 0 aliphatic carbocycles. The van der Waals surface area contributed by atoms with E-state index in [9.17, 15) is 0 Å². The summed E-state index contributed by atoms with van der Waals surface area (Å²) in [6.45, 7) is 0. The SMILES string of the molecule is c1ccc2cc(-c3ccc4oc5cccc(-c6nc(-c7ccc8c(c7)sc7ccccc78)c7oc8ccccc8c7n6)c5c4c3)ccc2c1. The van der Waals surface area contributed by atoms with Crippen molar-refractivity contribution in [2.24, 2.45) is 0 Å². The van der Waals surface area contributed by atoms with E-state index in [4.69, 9.17) is 18.8 Å². The summed E-state index contributed by atoms with van der Waals surface area (Å²) in [5, 5.41) is 7.96. The van der Waals surface area contributed by atoms with Crippen molar-refractivity contribution in [3.8, 4) is 33.8 Å². The van der Waals surface area contributed by atoms with E-state index in [0.717, 1.165) is 66.4 Å². The molecule has 4 heterocycles. The molecule has 0 spiro atoms. The number of thiophene rings is 1. The maximum Gasteiger partial charge on any atom is 0.180 e. The molecular weight excluding hydrogens is 621 g/mol. The molecule has 0 N–H and O–H groups in total. The van der Waals surface area contributed by atoms with Crippen molar-refractivity contribution >= 4 is 86.3 Å². The smallest absolute Gasteiger partial charge is 0.180 e. The lowest BCUT2D eigenvalue weighted by Gasteiger charge is -2.08. The van der Waals surface area contributed by atoms with Crippen LogP contribution >= 0.6 is 11.3 Å². The molecule has 49 heavy (non-hydrogen) atoms. The molecule has 7 aromatic carbocycles. The van der Waals surface area contributed by atoms with E-state index in [1.807, 2.05) is 30.3 Å². The second-order valence-corrected chi connectivity index (χ2v) is 13.6. The van der Waals surface area contributed by atoms with Gasteiger partial charge in [0.05, 0.1) is 0 Å². The fourth-order valence-electron chi connectivity index (χ4n) is 7.34. The highest BCUT2D eigenvalue weighted by Crippen LogP contribution is 2.42. The summed E-state index contributed by atoms with van der Waals surface area (Å²) < 4.78 is 15.4. The van der Waals surface area contributed by atoms with Crippen LogP contribution in [0.4, 0.5) is 0 Å². The molecule has 0 amide bonds. The van der Waals surface area contributed by atoms with E-state index < -0.39 is 0 Å². The Morgan fingerprint density at radius 1 is 0.449 bits per heavy atom. The quantitative estimate of drug-likeness (QED) is 0.192. The van der Waals surface area contributed by atoms with E-state index in [1.54, 1.807) is 11.3 Å². The Hall–Kier alpha value is -6.30. The molecule has 4 nitrogen and oxygen atoms in total. The predicted molar refractivity (Wildman–Crippen MR) is 203 cm³/mol. The number of nitrogens with zero attached hydrogens (tertiary/aromatic N) is 2. The van der Waals surface area contributed by atoms with Crippen LogP contribution in [-0.4, -0.2) is 9.97 Å². The lowest BCUT2D eigenvalue weighted by atomic mass is 9.98. The molecule has 0 aliphatic rings. The Morgan fingerprint density at radius 2 is 1.18 bits per heavy atom. The van der Waals surface area contributed by atoms with Crippen LogP contribution in [0.3, 0.4) is 0 Å². The molecular formula is C44H24N2O2S. The van der Waals surface area contributed by atoms with Crippen molar-refractivity contribution in [3.05, 3.63) is 146 Å². The summed E-state index contributed by atoms with van der Waals surface area (Å²) in [5.74, 6) is 0.634. The first-order valence-electron chi connectivity index (χ1n) is 16.3. The summed E-state index contributed by atoms with van der Waals surface area (Å²) in [4.78, 5) is 10.5. The number of rotatable bonds is 3. The van der Waals surface area contributed by atoms with E-state index in [2.05, 4.69) is 115 Å². The standard InChI is InChI=1S/C44H24N2O2S/c1-2-9-26-22-27(17-16-25(26)8-1)28-19-21-36-34(23-28)40-33(12-7-14-37(40)47-36)44-45-41(43-42(46-44)32-11-3-5-13-35(32)48-43)29-18-20-31-30-10-4-6-15-38(30)49-39(31)24-29/h1-24H. The van der Waals surface area contributed by atoms with Crippen LogP contribution in [0.1, 0.15) is 0 Å². The van der Waals surface area contributed by atoms with Gasteiger partial charge in [-0.2, -0.15) is 0 Å². The Labute approximate surface area is 283 Å². The summed E-state index contributed by atoms with van der Waals surface area (Å²) in [7, 11) is 0. The number of aromatic nitrogens is 2. The highest BCUT2D eigenvalue weighted by molar-refractivity contribution is 7.25. The van der Waals surface area contributed by atoms with Crippen LogP contribution in [0.2, 0.25) is 0 Å². The number of benzene rings is 7. The van der Waals surface area contributed by atoms with E-state index in [1.165, 1.54) is 30.9 Å². The van der Waals surface area contributed by atoms with Crippen molar-refractivity contribution in [1.82, 2.24) is 9.97 Å². The third-order valence-electron chi connectivity index (χ3n) is 9.69. The molecule has 0 atom stereocenters. The maximum absolute atomic E-state index is 6.50. The molecule has 11 aromatic rings. The Morgan fingerprint density at radius 3 is 2.14 bits per heavy atom. The molecule has 0 aliphatic heterocycles. The van der Waals surface area contributed by atoms with Crippen LogP contribution in [-0.2, 0) is 0 Å². The average molecular weight is 645 g/mol. The molecule has 0 saturated heterocycles. The lowest BCUT2D eigenvalue weighted by molar-refractivity contribution is 0.667. The van der Waals surface area contributed by atoms with Crippen LogP contribution in [0.5, 0.6) is 0 Å². The van der Waals surface area contributed by atoms with Crippen LogP contribution < -0.4 is 0 Å². The monoisotopic (exact) mass is 644 g/mol. The summed E-state index contributed by atoms with van der Waals surface area (Å²) >= 11 is 1.80. The molecule has 0 radical (unpaired) electrons. The largest absolute Gasteiger partial charge is 0.456 e. The second-order valence-electron chi connectivity index (χ2n) is 12.5. The minimum atomic E-state index is 0.634. The zero-order valence-corrected chi connectivity index (χ0v) is 26.8.